The first kappa shape index (κ1) is 13.1. The lowest BCUT2D eigenvalue weighted by Gasteiger charge is -2.34. The molecule has 1 saturated heterocycles. The number of rotatable bonds is 1. The van der Waals surface area contributed by atoms with Crippen LogP contribution >= 0.6 is 0 Å². The van der Waals surface area contributed by atoms with Gasteiger partial charge in [-0.3, -0.25) is 9.69 Å². The number of amides is 1. The fourth-order valence-corrected chi connectivity index (χ4v) is 3.15. The second-order valence-electron chi connectivity index (χ2n) is 5.52. The summed E-state index contributed by atoms with van der Waals surface area (Å²) >= 11 is 0. The van der Waals surface area contributed by atoms with Gasteiger partial charge in [0.05, 0.1) is 6.04 Å². The molecule has 3 nitrogen and oxygen atoms in total. The van der Waals surface area contributed by atoms with Crippen LogP contribution in [0.5, 0.6) is 0 Å². The lowest BCUT2D eigenvalue weighted by Crippen LogP contribution is -2.38. The zero-order valence-electron chi connectivity index (χ0n) is 12.0. The molecule has 1 heterocycles. The van der Waals surface area contributed by atoms with Crippen molar-refractivity contribution < 1.29 is 4.79 Å². The van der Waals surface area contributed by atoms with Gasteiger partial charge in [-0.25, -0.2) is 0 Å². The number of carbonyl (C=O) groups excluding carboxylic acids is 1. The van der Waals surface area contributed by atoms with Gasteiger partial charge in [0.25, 0.3) is 0 Å². The van der Waals surface area contributed by atoms with E-state index in [1.807, 2.05) is 36.2 Å². The van der Waals surface area contributed by atoms with Gasteiger partial charge in [0.1, 0.15) is 0 Å². The third-order valence-electron chi connectivity index (χ3n) is 4.40. The zero-order chi connectivity index (χ0) is 14.1. The summed E-state index contributed by atoms with van der Waals surface area (Å²) in [5.74, 6) is 0.190. The van der Waals surface area contributed by atoms with E-state index < -0.39 is 0 Å². The average molecular weight is 268 g/mol. The third-order valence-corrected chi connectivity index (χ3v) is 4.40. The summed E-state index contributed by atoms with van der Waals surface area (Å²) in [7, 11) is 4.02. The van der Waals surface area contributed by atoms with Gasteiger partial charge in [0.15, 0.2) is 0 Å². The van der Waals surface area contributed by atoms with E-state index in [1.54, 1.807) is 0 Å². The zero-order valence-corrected chi connectivity index (χ0v) is 12.0. The minimum absolute atomic E-state index is 0.147. The van der Waals surface area contributed by atoms with Crippen LogP contribution in [0.25, 0.3) is 0 Å². The topological polar surface area (TPSA) is 23.6 Å². The molecule has 1 aromatic rings. The number of hydrogen-bond donors (Lipinski definition) is 0. The molecular weight excluding hydrogens is 248 g/mol. The minimum Gasteiger partial charge on any atom is -0.318 e. The number of fused-ring (bicyclic) bond motifs is 1. The third kappa shape index (κ3) is 2.18. The predicted octanol–water partition coefficient (Wildman–Crippen LogP) is 2.73. The summed E-state index contributed by atoms with van der Waals surface area (Å²) in [5.41, 5.74) is 2.32. The van der Waals surface area contributed by atoms with Crippen LogP contribution < -0.4 is 0 Å². The van der Waals surface area contributed by atoms with E-state index in [1.165, 1.54) is 5.56 Å². The Balaban J connectivity index is 2.00. The van der Waals surface area contributed by atoms with Crippen LogP contribution in [-0.4, -0.2) is 35.8 Å². The highest BCUT2D eigenvalue weighted by molar-refractivity contribution is 5.79. The van der Waals surface area contributed by atoms with E-state index in [9.17, 15) is 4.79 Å². The molecule has 104 valence electrons. The molecule has 20 heavy (non-hydrogen) atoms. The quantitative estimate of drug-likeness (QED) is 0.782. The van der Waals surface area contributed by atoms with Gasteiger partial charge in [0.2, 0.25) is 5.91 Å². The summed E-state index contributed by atoms with van der Waals surface area (Å²) in [4.78, 5) is 16.6. The van der Waals surface area contributed by atoms with Crippen LogP contribution in [-0.2, 0) is 4.79 Å². The van der Waals surface area contributed by atoms with Gasteiger partial charge < -0.3 is 4.90 Å². The smallest absolute Gasteiger partial charge is 0.228 e. The van der Waals surface area contributed by atoms with E-state index in [4.69, 9.17) is 0 Å². The maximum Gasteiger partial charge on any atom is 0.228 e. The number of likely N-dealkylation sites (N-methyl/N-ethyl adjacent to an activating group) is 2. The van der Waals surface area contributed by atoms with Crippen molar-refractivity contribution in [3.05, 3.63) is 59.8 Å². The van der Waals surface area contributed by atoms with Crippen LogP contribution in [0.4, 0.5) is 0 Å². The molecule has 0 radical (unpaired) electrons. The normalized spacial score (nSPS) is 27.0. The van der Waals surface area contributed by atoms with Crippen molar-refractivity contribution in [3.8, 4) is 0 Å². The van der Waals surface area contributed by atoms with Crippen molar-refractivity contribution in [2.45, 2.75) is 24.9 Å². The molecule has 1 fully saturated rings. The maximum absolute atomic E-state index is 12.4. The highest BCUT2D eigenvalue weighted by Crippen LogP contribution is 2.34. The van der Waals surface area contributed by atoms with Gasteiger partial charge >= 0.3 is 0 Å². The largest absolute Gasteiger partial charge is 0.318 e. The second kappa shape index (κ2) is 5.25. The Hall–Kier alpha value is -1.87. The Labute approximate surface area is 120 Å². The SMILES string of the molecule is CN1C(=O)CC(c2ccccc2)N(C)C2CC=CC=C21. The number of benzene rings is 1. The highest BCUT2D eigenvalue weighted by atomic mass is 16.2. The van der Waals surface area contributed by atoms with Gasteiger partial charge in [-0.2, -0.15) is 0 Å². The molecule has 1 aromatic carbocycles. The first-order valence-electron chi connectivity index (χ1n) is 7.08. The Morgan fingerprint density at radius 1 is 1.10 bits per heavy atom. The molecule has 2 aliphatic rings. The Morgan fingerprint density at radius 2 is 1.85 bits per heavy atom. The first-order chi connectivity index (χ1) is 9.68. The van der Waals surface area contributed by atoms with E-state index in [0.29, 0.717) is 6.42 Å². The van der Waals surface area contributed by atoms with E-state index in [2.05, 4.69) is 36.2 Å². The van der Waals surface area contributed by atoms with Crippen LogP contribution in [0.2, 0.25) is 0 Å². The van der Waals surface area contributed by atoms with Crippen molar-refractivity contribution in [1.29, 1.82) is 0 Å². The molecule has 3 heteroatoms. The lowest BCUT2D eigenvalue weighted by molar-refractivity contribution is -0.128. The molecule has 0 N–H and O–H groups in total. The van der Waals surface area contributed by atoms with Gasteiger partial charge in [-0.15, -0.1) is 0 Å². The molecule has 1 aliphatic heterocycles. The standard InChI is InChI=1S/C17H20N2O/c1-18-14-10-6-7-11-15(14)19(2)17(20)12-16(18)13-8-4-3-5-9-13/h3-9,11,14,16H,10,12H2,1-2H3. The van der Waals surface area contributed by atoms with Crippen LogP contribution in [0, 0.1) is 0 Å². The number of allylic oxidation sites excluding steroid dienone is 2. The number of nitrogens with zero attached hydrogens (tertiary/aromatic N) is 2. The molecule has 2 unspecified atom stereocenters. The minimum atomic E-state index is 0.147. The van der Waals surface area contributed by atoms with Crippen LogP contribution in [0.3, 0.4) is 0 Å². The second-order valence-corrected chi connectivity index (χ2v) is 5.52. The Morgan fingerprint density at radius 3 is 2.60 bits per heavy atom. The molecule has 3 rings (SSSR count). The van der Waals surface area contributed by atoms with Crippen molar-refractivity contribution in [1.82, 2.24) is 9.80 Å². The van der Waals surface area contributed by atoms with E-state index in [-0.39, 0.29) is 18.0 Å². The summed E-state index contributed by atoms with van der Waals surface area (Å²) in [5, 5.41) is 0. The summed E-state index contributed by atoms with van der Waals surface area (Å²) in [6, 6.07) is 10.8. The highest BCUT2D eigenvalue weighted by Gasteiger charge is 2.35. The van der Waals surface area contributed by atoms with Crippen molar-refractivity contribution in [2.75, 3.05) is 14.1 Å². The number of hydrogen-bond acceptors (Lipinski definition) is 2. The molecule has 0 saturated carbocycles. The molecule has 1 amide bonds. The summed E-state index contributed by atoms with van der Waals surface area (Å²) in [6.45, 7) is 0. The fourth-order valence-electron chi connectivity index (χ4n) is 3.15. The molecular formula is C17H20N2O. The molecule has 0 spiro atoms. The van der Waals surface area contributed by atoms with Crippen molar-refractivity contribution >= 4 is 5.91 Å². The van der Waals surface area contributed by atoms with Gasteiger partial charge in [0, 0.05) is 25.2 Å². The average Bonchev–Trinajstić information content (AvgIpc) is 2.60. The first-order valence-corrected chi connectivity index (χ1v) is 7.08. The Kier molecular flexibility index (Phi) is 3.45. The van der Waals surface area contributed by atoms with Gasteiger partial charge in [-0.05, 0) is 25.1 Å². The maximum atomic E-state index is 12.4. The van der Waals surface area contributed by atoms with Crippen molar-refractivity contribution in [2.24, 2.45) is 0 Å². The molecule has 0 bridgehead atoms. The predicted molar refractivity (Wildman–Crippen MR) is 80.0 cm³/mol. The molecule has 2 atom stereocenters. The fraction of sp³-hybridized carbons (Fsp3) is 0.353. The molecule has 1 aliphatic carbocycles. The summed E-state index contributed by atoms with van der Waals surface area (Å²) in [6.07, 6.45) is 7.78. The Bertz CT molecular complexity index is 562. The lowest BCUT2D eigenvalue weighted by atomic mass is 9.98. The number of carbonyl (C=O) groups is 1. The van der Waals surface area contributed by atoms with Crippen LogP contribution in [0.1, 0.15) is 24.4 Å². The monoisotopic (exact) mass is 268 g/mol. The van der Waals surface area contributed by atoms with Gasteiger partial charge in [-0.1, -0.05) is 42.5 Å². The van der Waals surface area contributed by atoms with Crippen LogP contribution in [0.15, 0.2) is 54.3 Å². The summed E-state index contributed by atoms with van der Waals surface area (Å²) < 4.78 is 0. The van der Waals surface area contributed by atoms with E-state index in [0.717, 1.165) is 12.1 Å². The molecule has 0 aromatic heterocycles. The van der Waals surface area contributed by atoms with Crippen molar-refractivity contribution in [3.63, 3.8) is 0 Å². The van der Waals surface area contributed by atoms with E-state index >= 15 is 0 Å².